The van der Waals surface area contributed by atoms with E-state index in [0.29, 0.717) is 43.4 Å². The number of hydrogen-bond donors (Lipinski definition) is 10. The Bertz CT molecular complexity index is 2980. The number of aliphatic carboxylic acids is 3. The van der Waals surface area contributed by atoms with Gasteiger partial charge in [-0.3, -0.25) is 62.9 Å². The van der Waals surface area contributed by atoms with Crippen molar-refractivity contribution in [1.29, 1.82) is 0 Å². The Morgan fingerprint density at radius 2 is 1.03 bits per heavy atom. The molecule has 0 radical (unpaired) electrons. The van der Waals surface area contributed by atoms with Crippen LogP contribution in [0.25, 0.3) is 10.8 Å². The van der Waals surface area contributed by atoms with E-state index in [2.05, 4.69) is 42.2 Å². The van der Waals surface area contributed by atoms with E-state index >= 15 is 0 Å². The zero-order chi connectivity index (χ0) is 67.0. The number of carboxylic acid groups (broad SMARTS) is 3. The minimum atomic E-state index is -1.33. The number of carbonyl (C=O) groups excluding carboxylic acids is 11. The van der Waals surface area contributed by atoms with Crippen LogP contribution >= 0.6 is 0 Å². The number of nitrogens with one attached hydrogen (secondary N) is 7. The Labute approximate surface area is 553 Å². The first-order valence-corrected chi connectivity index (χ1v) is 31.1. The normalized spacial score (nSPS) is 18.9. The van der Waals surface area contributed by atoms with Gasteiger partial charge in [0.2, 0.25) is 47.3 Å². The summed E-state index contributed by atoms with van der Waals surface area (Å²) in [4.78, 5) is 156. The number of rotatable bonds is 30. The smallest absolute Gasteiger partial charge is 0.549 e. The van der Waals surface area contributed by atoms with Crippen LogP contribution in [0.2, 0.25) is 0 Å². The van der Waals surface area contributed by atoms with Crippen LogP contribution in [0.15, 0.2) is 71.7 Å². The number of phenols is 1. The van der Waals surface area contributed by atoms with Crippen LogP contribution in [0, 0.1) is 0 Å². The summed E-state index contributed by atoms with van der Waals surface area (Å²) >= 11 is 0. The predicted octanol–water partition coefficient (Wildman–Crippen LogP) is -6.64. The van der Waals surface area contributed by atoms with Crippen molar-refractivity contribution in [2.75, 3.05) is 118 Å². The summed E-state index contributed by atoms with van der Waals surface area (Å²) in [7, 11) is 1.39. The summed E-state index contributed by atoms with van der Waals surface area (Å²) in [6, 6.07) is 14.2. The molecule has 3 aromatic rings. The summed E-state index contributed by atoms with van der Waals surface area (Å²) < 4.78 is 0. The molecule has 2 fully saturated rings. The van der Waals surface area contributed by atoms with Crippen LogP contribution in [-0.4, -0.2) is 263 Å². The first-order chi connectivity index (χ1) is 44.0. The second kappa shape index (κ2) is 41.3. The summed E-state index contributed by atoms with van der Waals surface area (Å²) in [6.07, 6.45) is 2.47. The molecule has 2 aliphatic rings. The molecule has 2 saturated heterocycles. The SMILES string of the molecule is CN1C(=O)[C@@H](Cc2ccc(O)cc2)NC(=O)CNC(=O)[C@H](Cc2ccc3ccccc3c2)NC(=O)[C@H](CCCN=C(N)N)NC(=O)[C@H]1CCCNC(=O)CCCCNC(=O)CCCCNC(=O)CN1CCN(CC(=O)[O-])CCN(CC(=O)[O-])CCN(CC(=O)[O-])CC1.[Ga+3]. The molecule has 0 unspecified atom stereocenters. The van der Waals surface area contributed by atoms with E-state index in [-0.39, 0.29) is 179 Å². The van der Waals surface area contributed by atoms with Crippen molar-refractivity contribution in [3.63, 3.8) is 0 Å². The number of phenolic OH excluding ortho intramolecular Hbond substituents is 1. The number of hydrogen-bond acceptors (Lipinski definition) is 20. The third-order valence-corrected chi connectivity index (χ3v) is 15.7. The van der Waals surface area contributed by atoms with Gasteiger partial charge in [0.15, 0.2) is 5.96 Å². The molecule has 31 heteroatoms. The maximum atomic E-state index is 14.6. The molecular weight excluding hydrogens is 1260 g/mol. The standard InChI is InChI=1S/C62H91N15O15.Ga/c1-73-50(13-9-24-66-52(80)15-4-6-22-65-51(79)14-5-7-23-67-54(82)38-74-26-28-75(39-55(83)84)30-32-77(41-57(87)88)33-31-76(29-27-74)40-56(85)86)60(91)71-47(12-8-25-68-62(63)64)59(90)72-48(36-43-16-19-44-10-2-3-11-45(44)34-43)58(89)69-37-53(81)70-49(61(73)92)35-42-17-20-46(78)21-18-42;/h2-3,10-11,16-21,34,47-50,78H,4-9,12-15,22-33,35-41H2,1H3,(H,65,79)(H,66,80)(H,67,82)(H,69,89)(H,70,81)(H,71,91)(H,72,90)(H,83,84)(H,85,86)(H,87,88)(H4,63,64,68);/q;+3/p-3/t47-,48-,49+,50+;/m0./s1. The Morgan fingerprint density at radius 3 is 1.57 bits per heavy atom. The molecule has 2 heterocycles. The first kappa shape index (κ1) is 77.1. The van der Waals surface area contributed by atoms with Gasteiger partial charge >= 0.3 is 19.8 Å². The number of aliphatic imine (C=N–C) groups is 1. The van der Waals surface area contributed by atoms with E-state index in [1.54, 1.807) is 26.8 Å². The molecule has 504 valence electrons. The number of carboxylic acids is 3. The summed E-state index contributed by atoms with van der Waals surface area (Å²) in [5.41, 5.74) is 12.4. The van der Waals surface area contributed by atoms with Gasteiger partial charge in [-0.2, -0.15) is 0 Å². The van der Waals surface area contributed by atoms with Gasteiger partial charge in [0.25, 0.3) is 0 Å². The van der Waals surface area contributed by atoms with Crippen LogP contribution in [0.4, 0.5) is 0 Å². The third-order valence-electron chi connectivity index (χ3n) is 15.7. The summed E-state index contributed by atoms with van der Waals surface area (Å²) in [5.74, 6) is -8.59. The molecule has 30 nitrogen and oxygen atoms in total. The number of benzene rings is 3. The van der Waals surface area contributed by atoms with Gasteiger partial charge in [0, 0.05) is 131 Å². The van der Waals surface area contributed by atoms with E-state index in [0.717, 1.165) is 10.8 Å². The van der Waals surface area contributed by atoms with Crippen LogP contribution in [0.1, 0.15) is 75.3 Å². The van der Waals surface area contributed by atoms with Gasteiger partial charge < -0.3 is 88.4 Å². The van der Waals surface area contributed by atoms with Gasteiger partial charge in [-0.1, -0.05) is 54.6 Å². The number of carbonyl (C=O) groups is 11. The molecule has 2 aliphatic heterocycles. The molecule has 0 aromatic heterocycles. The molecule has 4 atom stereocenters. The second-order valence-electron chi connectivity index (χ2n) is 23.0. The van der Waals surface area contributed by atoms with Crippen molar-refractivity contribution in [2.24, 2.45) is 16.5 Å². The molecular formula is C62H88GaN15O15. The number of guanidine groups is 1. The fourth-order valence-corrected chi connectivity index (χ4v) is 10.6. The topological polar surface area (TPSA) is 442 Å². The monoisotopic (exact) mass is 1350 g/mol. The average Bonchev–Trinajstić information content (AvgIpc) is 1.80. The number of amides is 8. The third kappa shape index (κ3) is 29.9. The summed E-state index contributed by atoms with van der Waals surface area (Å²) in [6.45, 7) is 0.414. The van der Waals surface area contributed by atoms with Gasteiger partial charge in [0.05, 0.1) is 31.0 Å². The number of unbranched alkanes of at least 4 members (excludes halogenated alkanes) is 2. The molecule has 8 amide bonds. The number of nitrogens with zero attached hydrogens (tertiary/aromatic N) is 6. The Morgan fingerprint density at radius 1 is 0.548 bits per heavy atom. The van der Waals surface area contributed by atoms with Crippen molar-refractivity contribution in [3.8, 4) is 5.75 Å². The van der Waals surface area contributed by atoms with E-state index in [1.807, 2.05) is 42.5 Å². The molecule has 0 spiro atoms. The molecule has 3 aromatic carbocycles. The fourth-order valence-electron chi connectivity index (χ4n) is 10.6. The van der Waals surface area contributed by atoms with E-state index in [4.69, 9.17) is 11.5 Å². The molecule has 93 heavy (non-hydrogen) atoms. The number of likely N-dealkylation sites (N-methyl/N-ethyl adjacent to an activating group) is 1. The van der Waals surface area contributed by atoms with Crippen LogP contribution in [-0.2, 0) is 65.6 Å². The van der Waals surface area contributed by atoms with Crippen molar-refractivity contribution in [3.05, 3.63) is 77.9 Å². The van der Waals surface area contributed by atoms with Crippen LogP contribution in [0.3, 0.4) is 0 Å². The first-order valence-electron chi connectivity index (χ1n) is 31.1. The minimum Gasteiger partial charge on any atom is -0.549 e. The predicted molar refractivity (Wildman–Crippen MR) is 337 cm³/mol. The Hall–Kier alpha value is -8.36. The zero-order valence-corrected chi connectivity index (χ0v) is 55.2. The molecule has 0 bridgehead atoms. The Kier molecular flexibility index (Phi) is 34.2. The van der Waals surface area contributed by atoms with E-state index in [9.17, 15) is 73.2 Å². The van der Waals surface area contributed by atoms with Gasteiger partial charge in [-0.25, -0.2) is 0 Å². The number of aromatic hydroxyl groups is 1. The fraction of sp³-hybridized carbons (Fsp3) is 0.548. The van der Waals surface area contributed by atoms with E-state index < -0.39 is 97.8 Å². The van der Waals surface area contributed by atoms with Crippen LogP contribution in [0.5, 0.6) is 5.75 Å². The summed E-state index contributed by atoms with van der Waals surface area (Å²) in [5, 5.41) is 65.6. The molecule has 5 rings (SSSR count). The largest absolute Gasteiger partial charge is 3.00 e. The minimum absolute atomic E-state index is 0. The maximum Gasteiger partial charge on any atom is 3.00 e. The zero-order valence-electron chi connectivity index (χ0n) is 52.7. The number of nitrogens with two attached hydrogens (primary N) is 2. The Balaban J connectivity index is 0.0000184. The van der Waals surface area contributed by atoms with Crippen molar-refractivity contribution in [1.82, 2.24) is 61.7 Å². The van der Waals surface area contributed by atoms with Crippen molar-refractivity contribution in [2.45, 2.75) is 101 Å². The van der Waals surface area contributed by atoms with Gasteiger partial charge in [-0.05, 0) is 85.4 Å². The van der Waals surface area contributed by atoms with E-state index in [1.165, 1.54) is 29.0 Å². The average molecular weight is 1350 g/mol. The van der Waals surface area contributed by atoms with Crippen molar-refractivity contribution >= 4 is 102 Å². The van der Waals surface area contributed by atoms with Gasteiger partial charge in [0.1, 0.15) is 29.9 Å². The molecule has 0 saturated carbocycles. The molecule has 0 aliphatic carbocycles. The quantitative estimate of drug-likeness (QED) is 0.0128. The number of fused-ring (bicyclic) bond motifs is 1. The maximum absolute atomic E-state index is 14.6. The van der Waals surface area contributed by atoms with Crippen LogP contribution < -0.4 is 64.0 Å². The van der Waals surface area contributed by atoms with Crippen molar-refractivity contribution < 1.29 is 73.2 Å². The van der Waals surface area contributed by atoms with Gasteiger partial charge in [-0.15, -0.1) is 0 Å². The molecule has 12 N–H and O–H groups in total. The second-order valence-corrected chi connectivity index (χ2v) is 23.0.